The number of carbonyl (C=O) groups excluding carboxylic acids is 1. The molecule has 1 heterocycles. The number of halogens is 1. The largest absolute Gasteiger partial charge is 0.486 e. The van der Waals surface area contributed by atoms with E-state index in [1.807, 2.05) is 0 Å². The van der Waals surface area contributed by atoms with Gasteiger partial charge in [-0.25, -0.2) is 9.18 Å². The molecule has 0 radical (unpaired) electrons. The van der Waals surface area contributed by atoms with Crippen molar-refractivity contribution in [2.24, 2.45) is 5.73 Å². The Morgan fingerprint density at radius 1 is 1.38 bits per heavy atom. The minimum Gasteiger partial charge on any atom is -0.486 e. The SMILES string of the molecule is Cc1cc(COc2ccc(C(N)=O)c(F)c2)oc1C(=O)O. The molecule has 2 aromatic rings. The first-order chi connectivity index (χ1) is 9.88. The first kappa shape index (κ1) is 14.6. The lowest BCUT2D eigenvalue weighted by Gasteiger charge is -2.05. The third-order valence-electron chi connectivity index (χ3n) is 2.75. The third-order valence-corrected chi connectivity index (χ3v) is 2.75. The summed E-state index contributed by atoms with van der Waals surface area (Å²) < 4.78 is 23.9. The zero-order valence-corrected chi connectivity index (χ0v) is 11.1. The van der Waals surface area contributed by atoms with E-state index in [4.69, 9.17) is 20.0 Å². The van der Waals surface area contributed by atoms with E-state index in [1.165, 1.54) is 18.2 Å². The Labute approximate surface area is 118 Å². The number of amides is 1. The van der Waals surface area contributed by atoms with Gasteiger partial charge < -0.3 is 20.0 Å². The minimum absolute atomic E-state index is 0.0660. The average Bonchev–Trinajstić information content (AvgIpc) is 2.77. The first-order valence-electron chi connectivity index (χ1n) is 5.93. The molecule has 2 rings (SSSR count). The molecule has 0 saturated carbocycles. The molecule has 6 nitrogen and oxygen atoms in total. The summed E-state index contributed by atoms with van der Waals surface area (Å²) in [5.41, 5.74) is 5.22. The van der Waals surface area contributed by atoms with Gasteiger partial charge in [0.2, 0.25) is 5.76 Å². The van der Waals surface area contributed by atoms with Gasteiger partial charge >= 0.3 is 5.97 Å². The summed E-state index contributed by atoms with van der Waals surface area (Å²) in [6, 6.07) is 5.14. The predicted octanol–water partition coefficient (Wildman–Crippen LogP) is 2.10. The molecule has 1 aromatic heterocycles. The smallest absolute Gasteiger partial charge is 0.372 e. The van der Waals surface area contributed by atoms with Gasteiger partial charge in [-0.2, -0.15) is 0 Å². The van der Waals surface area contributed by atoms with Gasteiger partial charge in [0.25, 0.3) is 5.91 Å². The van der Waals surface area contributed by atoms with E-state index in [0.717, 1.165) is 6.07 Å². The number of hydrogen-bond acceptors (Lipinski definition) is 4. The summed E-state index contributed by atoms with van der Waals surface area (Å²) in [5, 5.41) is 8.86. The van der Waals surface area contributed by atoms with Gasteiger partial charge in [-0.1, -0.05) is 0 Å². The average molecular weight is 293 g/mol. The first-order valence-corrected chi connectivity index (χ1v) is 5.93. The number of hydrogen-bond donors (Lipinski definition) is 2. The standard InChI is InChI=1S/C14H12FNO5/c1-7-4-9(21-12(7)14(18)19)6-20-8-2-3-10(13(16)17)11(15)5-8/h2-5H,6H2,1H3,(H2,16,17)(H,18,19). The van der Waals surface area contributed by atoms with Crippen LogP contribution in [0.2, 0.25) is 0 Å². The Balaban J connectivity index is 2.10. The van der Waals surface area contributed by atoms with Crippen molar-refractivity contribution < 1.29 is 28.2 Å². The number of primary amides is 1. The molecule has 21 heavy (non-hydrogen) atoms. The van der Waals surface area contributed by atoms with E-state index in [-0.39, 0.29) is 23.7 Å². The van der Waals surface area contributed by atoms with Crippen LogP contribution in [0.4, 0.5) is 4.39 Å². The molecule has 0 bridgehead atoms. The van der Waals surface area contributed by atoms with Crippen LogP contribution in [0.1, 0.15) is 32.2 Å². The maximum Gasteiger partial charge on any atom is 0.372 e. The zero-order valence-electron chi connectivity index (χ0n) is 11.1. The van der Waals surface area contributed by atoms with E-state index in [1.54, 1.807) is 6.92 Å². The number of carboxylic acid groups (broad SMARTS) is 1. The monoisotopic (exact) mass is 293 g/mol. The minimum atomic E-state index is -1.17. The predicted molar refractivity (Wildman–Crippen MR) is 69.7 cm³/mol. The number of rotatable bonds is 5. The van der Waals surface area contributed by atoms with Crippen LogP contribution in [0.25, 0.3) is 0 Å². The Morgan fingerprint density at radius 2 is 2.10 bits per heavy atom. The number of ether oxygens (including phenoxy) is 1. The molecule has 0 aliphatic carbocycles. The molecule has 0 unspecified atom stereocenters. The third kappa shape index (κ3) is 3.19. The van der Waals surface area contributed by atoms with E-state index in [2.05, 4.69) is 0 Å². The molecule has 0 fully saturated rings. The molecule has 110 valence electrons. The number of benzene rings is 1. The topological polar surface area (TPSA) is 103 Å². The van der Waals surface area contributed by atoms with Crippen molar-refractivity contribution in [1.29, 1.82) is 0 Å². The van der Waals surface area contributed by atoms with Crippen LogP contribution in [-0.4, -0.2) is 17.0 Å². The van der Waals surface area contributed by atoms with Crippen LogP contribution < -0.4 is 10.5 Å². The highest BCUT2D eigenvalue weighted by atomic mass is 19.1. The Hall–Kier alpha value is -2.83. The van der Waals surface area contributed by atoms with Crippen molar-refractivity contribution in [3.05, 3.63) is 52.7 Å². The molecule has 1 aromatic carbocycles. The highest BCUT2D eigenvalue weighted by molar-refractivity contribution is 5.93. The van der Waals surface area contributed by atoms with Crippen LogP contribution in [-0.2, 0) is 6.61 Å². The Kier molecular flexibility index (Phi) is 3.93. The van der Waals surface area contributed by atoms with Crippen LogP contribution >= 0.6 is 0 Å². The van der Waals surface area contributed by atoms with Crippen molar-refractivity contribution in [3.8, 4) is 5.75 Å². The number of carboxylic acids is 1. The molecule has 0 aliphatic rings. The van der Waals surface area contributed by atoms with E-state index < -0.39 is 17.7 Å². The van der Waals surface area contributed by atoms with Crippen LogP contribution in [0.15, 0.2) is 28.7 Å². The second kappa shape index (κ2) is 5.66. The fraction of sp³-hybridized carbons (Fsp3) is 0.143. The molecule has 3 N–H and O–H groups in total. The molecule has 7 heteroatoms. The van der Waals surface area contributed by atoms with Gasteiger partial charge in [-0.15, -0.1) is 0 Å². The summed E-state index contributed by atoms with van der Waals surface area (Å²) in [4.78, 5) is 21.7. The van der Waals surface area contributed by atoms with Gasteiger partial charge in [-0.05, 0) is 25.1 Å². The number of furan rings is 1. The Bertz CT molecular complexity index is 707. The van der Waals surface area contributed by atoms with E-state index >= 15 is 0 Å². The lowest BCUT2D eigenvalue weighted by molar-refractivity contribution is 0.0657. The molecule has 0 aliphatic heterocycles. The van der Waals surface area contributed by atoms with Gasteiger partial charge in [0.15, 0.2) is 0 Å². The number of carbonyl (C=O) groups is 2. The number of aryl methyl sites for hydroxylation is 1. The van der Waals surface area contributed by atoms with Gasteiger partial charge in [0.05, 0.1) is 5.56 Å². The zero-order chi connectivity index (χ0) is 15.6. The van der Waals surface area contributed by atoms with Crippen molar-refractivity contribution >= 4 is 11.9 Å². The van der Waals surface area contributed by atoms with Gasteiger partial charge in [0.1, 0.15) is 23.9 Å². The van der Waals surface area contributed by atoms with Crippen molar-refractivity contribution in [1.82, 2.24) is 0 Å². The lowest BCUT2D eigenvalue weighted by Crippen LogP contribution is -2.13. The number of aromatic carboxylic acids is 1. The van der Waals surface area contributed by atoms with E-state index in [0.29, 0.717) is 11.3 Å². The maximum absolute atomic E-state index is 13.5. The quantitative estimate of drug-likeness (QED) is 0.878. The number of nitrogens with two attached hydrogens (primary N) is 1. The second-order valence-corrected chi connectivity index (χ2v) is 4.32. The molecule has 0 atom stereocenters. The van der Waals surface area contributed by atoms with E-state index in [9.17, 15) is 14.0 Å². The van der Waals surface area contributed by atoms with Crippen molar-refractivity contribution in [2.45, 2.75) is 13.5 Å². The summed E-state index contributed by atoms with van der Waals surface area (Å²) in [6.07, 6.45) is 0. The molecule has 0 spiro atoms. The summed E-state index contributed by atoms with van der Waals surface area (Å²) >= 11 is 0. The highest BCUT2D eigenvalue weighted by Gasteiger charge is 2.15. The van der Waals surface area contributed by atoms with Gasteiger partial charge in [-0.3, -0.25) is 4.79 Å². The van der Waals surface area contributed by atoms with Crippen LogP contribution in [0.3, 0.4) is 0 Å². The van der Waals surface area contributed by atoms with Crippen molar-refractivity contribution in [3.63, 3.8) is 0 Å². The summed E-state index contributed by atoms with van der Waals surface area (Å²) in [6.45, 7) is 1.53. The molecular formula is C14H12FNO5. The fourth-order valence-corrected chi connectivity index (χ4v) is 1.77. The molecule has 1 amide bonds. The van der Waals surface area contributed by atoms with Crippen LogP contribution in [0, 0.1) is 12.7 Å². The van der Waals surface area contributed by atoms with Crippen molar-refractivity contribution in [2.75, 3.05) is 0 Å². The molecule has 0 saturated heterocycles. The Morgan fingerprint density at radius 3 is 2.62 bits per heavy atom. The second-order valence-electron chi connectivity index (χ2n) is 4.32. The molecular weight excluding hydrogens is 281 g/mol. The summed E-state index contributed by atoms with van der Waals surface area (Å²) in [5.74, 6) is -2.53. The van der Waals surface area contributed by atoms with Crippen LogP contribution in [0.5, 0.6) is 5.75 Å². The normalized spacial score (nSPS) is 10.4. The maximum atomic E-state index is 13.5. The fourth-order valence-electron chi connectivity index (χ4n) is 1.77. The van der Waals surface area contributed by atoms with Gasteiger partial charge in [0, 0.05) is 11.6 Å². The lowest BCUT2D eigenvalue weighted by atomic mass is 10.2. The summed E-state index contributed by atoms with van der Waals surface area (Å²) in [7, 11) is 0. The highest BCUT2D eigenvalue weighted by Crippen LogP contribution is 2.20.